The van der Waals surface area contributed by atoms with E-state index in [0.29, 0.717) is 18.0 Å². The van der Waals surface area contributed by atoms with E-state index in [0.717, 1.165) is 12.1 Å². The van der Waals surface area contributed by atoms with E-state index in [4.69, 9.17) is 0 Å². The predicted molar refractivity (Wildman–Crippen MR) is 85.7 cm³/mol. The number of nitrogens with zero attached hydrogens (tertiary/aromatic N) is 2. The van der Waals surface area contributed by atoms with Crippen molar-refractivity contribution in [1.82, 2.24) is 9.88 Å². The molecule has 0 atom stereocenters. The van der Waals surface area contributed by atoms with Crippen molar-refractivity contribution in [3.63, 3.8) is 0 Å². The standard InChI is InChI=1S/C16H15F2N3O2S/c17-11-2-1-3-12(18)13(11)15(23)21-7-4-10(5-8-21)14(22)20-16-19-6-9-24-16/h1-3,6,9-10H,4-5,7-8H2,(H,19,20,22). The Morgan fingerprint density at radius 3 is 2.46 bits per heavy atom. The van der Waals surface area contributed by atoms with E-state index in [1.807, 2.05) is 0 Å². The molecule has 1 aromatic carbocycles. The Morgan fingerprint density at radius 1 is 1.21 bits per heavy atom. The molecule has 5 nitrogen and oxygen atoms in total. The lowest BCUT2D eigenvalue weighted by Gasteiger charge is -2.31. The number of carbonyl (C=O) groups excluding carboxylic acids is 2. The zero-order valence-electron chi connectivity index (χ0n) is 12.7. The number of aromatic nitrogens is 1. The lowest BCUT2D eigenvalue weighted by Crippen LogP contribution is -2.42. The molecule has 0 saturated carbocycles. The number of nitrogens with one attached hydrogen (secondary N) is 1. The van der Waals surface area contributed by atoms with Crippen LogP contribution in [0, 0.1) is 17.6 Å². The molecule has 1 aromatic heterocycles. The van der Waals surface area contributed by atoms with E-state index >= 15 is 0 Å². The highest BCUT2D eigenvalue weighted by Gasteiger charge is 2.30. The summed E-state index contributed by atoms with van der Waals surface area (Å²) in [5.74, 6) is -2.81. The van der Waals surface area contributed by atoms with Gasteiger partial charge < -0.3 is 10.2 Å². The fourth-order valence-electron chi connectivity index (χ4n) is 2.70. The first kappa shape index (κ1) is 16.5. The fourth-order valence-corrected chi connectivity index (χ4v) is 3.23. The lowest BCUT2D eigenvalue weighted by molar-refractivity contribution is -0.121. The van der Waals surface area contributed by atoms with Crippen molar-refractivity contribution in [1.29, 1.82) is 0 Å². The van der Waals surface area contributed by atoms with Crippen LogP contribution in [-0.2, 0) is 4.79 Å². The van der Waals surface area contributed by atoms with Crippen LogP contribution in [0.2, 0.25) is 0 Å². The molecule has 126 valence electrons. The van der Waals surface area contributed by atoms with Gasteiger partial charge in [-0.05, 0) is 25.0 Å². The quantitative estimate of drug-likeness (QED) is 0.925. The molecule has 0 radical (unpaired) electrons. The van der Waals surface area contributed by atoms with Gasteiger partial charge in [-0.3, -0.25) is 9.59 Å². The maximum absolute atomic E-state index is 13.7. The zero-order valence-corrected chi connectivity index (χ0v) is 13.5. The van der Waals surface area contributed by atoms with Gasteiger partial charge in [0, 0.05) is 30.6 Å². The number of hydrogen-bond acceptors (Lipinski definition) is 4. The molecule has 24 heavy (non-hydrogen) atoms. The van der Waals surface area contributed by atoms with Crippen LogP contribution in [0.15, 0.2) is 29.8 Å². The van der Waals surface area contributed by atoms with Crippen LogP contribution >= 0.6 is 11.3 Å². The molecular weight excluding hydrogens is 336 g/mol. The summed E-state index contributed by atoms with van der Waals surface area (Å²) >= 11 is 1.33. The Morgan fingerprint density at radius 2 is 1.88 bits per heavy atom. The van der Waals surface area contributed by atoms with Crippen molar-refractivity contribution in [3.05, 3.63) is 47.0 Å². The smallest absolute Gasteiger partial charge is 0.259 e. The van der Waals surface area contributed by atoms with Crippen molar-refractivity contribution in [2.24, 2.45) is 5.92 Å². The highest BCUT2D eigenvalue weighted by molar-refractivity contribution is 7.13. The highest BCUT2D eigenvalue weighted by atomic mass is 32.1. The summed E-state index contributed by atoms with van der Waals surface area (Å²) in [6.45, 7) is 0.561. The SMILES string of the molecule is O=C(Nc1nccs1)C1CCN(C(=O)c2c(F)cccc2F)CC1. The third-order valence-electron chi connectivity index (χ3n) is 3.99. The molecule has 8 heteroatoms. The Bertz CT molecular complexity index is 724. The minimum atomic E-state index is -0.872. The normalized spacial score (nSPS) is 15.3. The van der Waals surface area contributed by atoms with Gasteiger partial charge in [0.2, 0.25) is 5.91 Å². The third-order valence-corrected chi connectivity index (χ3v) is 4.68. The van der Waals surface area contributed by atoms with Gasteiger partial charge in [0.1, 0.15) is 17.2 Å². The van der Waals surface area contributed by atoms with Gasteiger partial charge >= 0.3 is 0 Å². The molecule has 0 aliphatic carbocycles. The maximum atomic E-state index is 13.7. The second-order valence-electron chi connectivity index (χ2n) is 5.49. The van der Waals surface area contributed by atoms with Crippen LogP contribution in [0.5, 0.6) is 0 Å². The Hall–Kier alpha value is -2.35. The molecule has 0 spiro atoms. The van der Waals surface area contributed by atoms with Crippen molar-refractivity contribution in [2.75, 3.05) is 18.4 Å². The molecule has 1 fully saturated rings. The number of hydrogen-bond donors (Lipinski definition) is 1. The van der Waals surface area contributed by atoms with Gasteiger partial charge in [0.25, 0.3) is 5.91 Å². The summed E-state index contributed by atoms with van der Waals surface area (Å²) in [5, 5.41) is 5.03. The fraction of sp³-hybridized carbons (Fsp3) is 0.312. The topological polar surface area (TPSA) is 62.3 Å². The van der Waals surface area contributed by atoms with Gasteiger partial charge in [-0.15, -0.1) is 11.3 Å². The first-order valence-electron chi connectivity index (χ1n) is 7.50. The molecule has 3 rings (SSSR count). The van der Waals surface area contributed by atoms with Crippen LogP contribution in [0.25, 0.3) is 0 Å². The Balaban J connectivity index is 1.60. The maximum Gasteiger partial charge on any atom is 0.259 e. The zero-order chi connectivity index (χ0) is 17.1. The lowest BCUT2D eigenvalue weighted by atomic mass is 9.95. The van der Waals surface area contributed by atoms with Gasteiger partial charge in [0.05, 0.1) is 0 Å². The summed E-state index contributed by atoms with van der Waals surface area (Å²) < 4.78 is 27.4. The van der Waals surface area contributed by atoms with E-state index in [-0.39, 0.29) is 24.9 Å². The van der Waals surface area contributed by atoms with E-state index in [2.05, 4.69) is 10.3 Å². The third kappa shape index (κ3) is 3.43. The van der Waals surface area contributed by atoms with E-state index in [1.165, 1.54) is 22.3 Å². The highest BCUT2D eigenvalue weighted by Crippen LogP contribution is 2.23. The van der Waals surface area contributed by atoms with Crippen LogP contribution in [-0.4, -0.2) is 34.8 Å². The number of benzene rings is 1. The summed E-state index contributed by atoms with van der Waals surface area (Å²) in [6, 6.07) is 3.34. The Labute approximate surface area is 141 Å². The van der Waals surface area contributed by atoms with Crippen LogP contribution in [0.1, 0.15) is 23.2 Å². The second kappa shape index (κ2) is 7.04. The minimum absolute atomic E-state index is 0.144. The van der Waals surface area contributed by atoms with Crippen LogP contribution in [0.3, 0.4) is 0 Å². The molecule has 1 aliphatic rings. The molecule has 2 amide bonds. The first-order valence-corrected chi connectivity index (χ1v) is 8.38. The van der Waals surface area contributed by atoms with Crippen LogP contribution in [0.4, 0.5) is 13.9 Å². The van der Waals surface area contributed by atoms with E-state index in [9.17, 15) is 18.4 Å². The largest absolute Gasteiger partial charge is 0.338 e. The van der Waals surface area contributed by atoms with Crippen LogP contribution < -0.4 is 5.32 Å². The van der Waals surface area contributed by atoms with Crippen molar-refractivity contribution < 1.29 is 18.4 Å². The molecular formula is C16H15F2N3O2S. The molecule has 1 N–H and O–H groups in total. The summed E-state index contributed by atoms with van der Waals surface area (Å²) in [7, 11) is 0. The number of thiazole rings is 1. The molecule has 2 heterocycles. The molecule has 1 aliphatic heterocycles. The van der Waals surface area contributed by atoms with E-state index in [1.54, 1.807) is 11.6 Å². The monoisotopic (exact) mass is 351 g/mol. The summed E-state index contributed by atoms with van der Waals surface area (Å²) in [5.41, 5.74) is -0.539. The Kier molecular flexibility index (Phi) is 4.84. The molecule has 0 bridgehead atoms. The van der Waals surface area contributed by atoms with Crippen molar-refractivity contribution in [3.8, 4) is 0 Å². The number of likely N-dealkylation sites (tertiary alicyclic amines) is 1. The number of carbonyl (C=O) groups is 2. The number of anilines is 1. The second-order valence-corrected chi connectivity index (χ2v) is 6.38. The van der Waals surface area contributed by atoms with Crippen molar-refractivity contribution in [2.45, 2.75) is 12.8 Å². The van der Waals surface area contributed by atoms with Gasteiger partial charge in [0.15, 0.2) is 5.13 Å². The van der Waals surface area contributed by atoms with Gasteiger partial charge in [-0.1, -0.05) is 6.07 Å². The molecule has 1 saturated heterocycles. The predicted octanol–water partition coefficient (Wildman–Crippen LogP) is 2.91. The van der Waals surface area contributed by atoms with Gasteiger partial charge in [-0.2, -0.15) is 0 Å². The first-order chi connectivity index (χ1) is 11.6. The molecule has 2 aromatic rings. The van der Waals surface area contributed by atoms with E-state index < -0.39 is 23.1 Å². The summed E-state index contributed by atoms with van der Waals surface area (Å²) in [6.07, 6.45) is 2.49. The van der Waals surface area contributed by atoms with Crippen molar-refractivity contribution >= 4 is 28.3 Å². The number of amides is 2. The van der Waals surface area contributed by atoms with Gasteiger partial charge in [-0.25, -0.2) is 13.8 Å². The number of rotatable bonds is 3. The number of piperidine rings is 1. The average Bonchev–Trinajstić information content (AvgIpc) is 3.07. The molecule has 0 unspecified atom stereocenters. The minimum Gasteiger partial charge on any atom is -0.338 e. The average molecular weight is 351 g/mol. The number of halogens is 2. The summed E-state index contributed by atoms with van der Waals surface area (Å²) in [4.78, 5) is 29.8.